The van der Waals surface area contributed by atoms with Crippen LogP contribution in [0.1, 0.15) is 10.5 Å². The van der Waals surface area contributed by atoms with E-state index in [0.717, 1.165) is 4.90 Å². The van der Waals surface area contributed by atoms with Crippen molar-refractivity contribution in [2.45, 2.75) is 6.04 Å². The average molecular weight is 375 g/mol. The first-order valence-electron chi connectivity index (χ1n) is 8.91. The molecule has 10 heteroatoms. The van der Waals surface area contributed by atoms with Gasteiger partial charge in [-0.15, -0.1) is 0 Å². The number of nitrogens with one attached hydrogen (secondary N) is 2. The maximum absolute atomic E-state index is 12.8. The Hall–Kier alpha value is -2.88. The van der Waals surface area contributed by atoms with E-state index in [1.54, 1.807) is 28.1 Å². The minimum absolute atomic E-state index is 0.0246. The zero-order valence-corrected chi connectivity index (χ0v) is 14.7. The number of carbonyl (C=O) groups excluding carboxylic acids is 4. The Morgan fingerprint density at radius 1 is 1.19 bits per heavy atom. The lowest BCUT2D eigenvalue weighted by Crippen LogP contribution is -2.50. The van der Waals surface area contributed by atoms with Crippen molar-refractivity contribution in [3.8, 4) is 0 Å². The summed E-state index contributed by atoms with van der Waals surface area (Å²) in [5.41, 5.74) is 0.500. The van der Waals surface area contributed by atoms with Crippen molar-refractivity contribution in [1.82, 2.24) is 25.0 Å². The van der Waals surface area contributed by atoms with Gasteiger partial charge in [0.1, 0.15) is 12.2 Å². The SMILES string of the molecule is O=C(CN1C(=O)CNC1=O)N1C[C@@H]2COC[C@H](C1)N(C(=O)c1ccc[nH]1)C2. The third kappa shape index (κ3) is 3.39. The first-order valence-corrected chi connectivity index (χ1v) is 8.91. The Labute approximate surface area is 155 Å². The molecule has 3 fully saturated rings. The summed E-state index contributed by atoms with van der Waals surface area (Å²) in [7, 11) is 0. The number of fused-ring (bicyclic) bond motifs is 3. The van der Waals surface area contributed by atoms with Crippen molar-refractivity contribution in [2.75, 3.05) is 45.9 Å². The highest BCUT2D eigenvalue weighted by molar-refractivity contribution is 6.04. The van der Waals surface area contributed by atoms with Gasteiger partial charge >= 0.3 is 6.03 Å². The van der Waals surface area contributed by atoms with Gasteiger partial charge in [-0.2, -0.15) is 0 Å². The molecule has 1 aromatic rings. The van der Waals surface area contributed by atoms with E-state index in [0.29, 0.717) is 38.5 Å². The van der Waals surface area contributed by atoms with Crippen LogP contribution in [0.3, 0.4) is 0 Å². The van der Waals surface area contributed by atoms with Crippen LogP contribution in [-0.4, -0.2) is 95.4 Å². The van der Waals surface area contributed by atoms with E-state index in [4.69, 9.17) is 4.74 Å². The summed E-state index contributed by atoms with van der Waals surface area (Å²) in [6.45, 7) is 1.67. The van der Waals surface area contributed by atoms with Gasteiger partial charge < -0.3 is 24.8 Å². The van der Waals surface area contributed by atoms with E-state index < -0.39 is 11.9 Å². The summed E-state index contributed by atoms with van der Waals surface area (Å²) in [5.74, 6) is -0.853. The molecule has 4 rings (SSSR count). The number of hydrogen-bond acceptors (Lipinski definition) is 5. The zero-order chi connectivity index (χ0) is 19.0. The second-order valence-corrected chi connectivity index (χ2v) is 7.04. The van der Waals surface area contributed by atoms with Crippen molar-refractivity contribution in [3.63, 3.8) is 0 Å². The Morgan fingerprint density at radius 2 is 2.04 bits per heavy atom. The molecule has 10 nitrogen and oxygen atoms in total. The van der Waals surface area contributed by atoms with Crippen LogP contribution in [-0.2, 0) is 14.3 Å². The molecule has 3 aliphatic heterocycles. The molecule has 0 unspecified atom stereocenters. The standard InChI is InChI=1S/C17H21N5O5/c23-14-4-19-17(26)22(14)8-15(24)20-5-11-6-21(12(7-20)10-27-9-11)16(25)13-2-1-3-18-13/h1-3,11-12,18H,4-10H2,(H,19,26)/t11-,12-/m0/s1. The van der Waals surface area contributed by atoms with E-state index in [1.807, 2.05) is 0 Å². The van der Waals surface area contributed by atoms with Crippen LogP contribution in [0.4, 0.5) is 4.79 Å². The van der Waals surface area contributed by atoms with Gasteiger partial charge in [-0.25, -0.2) is 4.79 Å². The monoisotopic (exact) mass is 375 g/mol. The molecule has 2 N–H and O–H groups in total. The number of H-pyrrole nitrogens is 1. The lowest BCUT2D eigenvalue weighted by atomic mass is 10.1. The highest BCUT2D eigenvalue weighted by Gasteiger charge is 2.39. The summed E-state index contributed by atoms with van der Waals surface area (Å²) >= 11 is 0. The van der Waals surface area contributed by atoms with Crippen molar-refractivity contribution in [3.05, 3.63) is 24.0 Å². The van der Waals surface area contributed by atoms with Gasteiger partial charge in [0.25, 0.3) is 11.8 Å². The molecule has 2 atom stereocenters. The minimum atomic E-state index is -0.546. The van der Waals surface area contributed by atoms with Gasteiger partial charge in [-0.05, 0) is 12.1 Å². The predicted molar refractivity (Wildman–Crippen MR) is 91.6 cm³/mol. The quantitative estimate of drug-likeness (QED) is 0.649. The third-order valence-electron chi connectivity index (χ3n) is 5.14. The number of aromatic nitrogens is 1. The molecule has 0 radical (unpaired) electrons. The Bertz CT molecular complexity index is 748. The maximum atomic E-state index is 12.8. The molecule has 0 spiro atoms. The number of imide groups is 1. The van der Waals surface area contributed by atoms with Crippen LogP contribution in [0, 0.1) is 5.92 Å². The fourth-order valence-electron chi connectivity index (χ4n) is 3.76. The Kier molecular flexibility index (Phi) is 4.56. The molecule has 3 aliphatic rings. The summed E-state index contributed by atoms with van der Waals surface area (Å²) in [6, 6.07) is 2.66. The van der Waals surface area contributed by atoms with E-state index in [2.05, 4.69) is 10.3 Å². The van der Waals surface area contributed by atoms with Gasteiger partial charge in [-0.3, -0.25) is 19.3 Å². The van der Waals surface area contributed by atoms with Crippen molar-refractivity contribution in [1.29, 1.82) is 0 Å². The van der Waals surface area contributed by atoms with Crippen LogP contribution < -0.4 is 5.32 Å². The van der Waals surface area contributed by atoms with Crippen LogP contribution >= 0.6 is 0 Å². The fraction of sp³-hybridized carbons (Fsp3) is 0.529. The van der Waals surface area contributed by atoms with Gasteiger partial charge in [-0.1, -0.05) is 0 Å². The summed E-state index contributed by atoms with van der Waals surface area (Å²) in [5, 5.41) is 2.41. The molecule has 0 aromatic carbocycles. The highest BCUT2D eigenvalue weighted by atomic mass is 16.5. The molecular weight excluding hydrogens is 354 g/mol. The largest absolute Gasteiger partial charge is 0.379 e. The second-order valence-electron chi connectivity index (χ2n) is 7.04. The molecular formula is C17H21N5O5. The minimum Gasteiger partial charge on any atom is -0.379 e. The van der Waals surface area contributed by atoms with Crippen LogP contribution in [0.2, 0.25) is 0 Å². The zero-order valence-electron chi connectivity index (χ0n) is 14.7. The van der Waals surface area contributed by atoms with Gasteiger partial charge in [0.2, 0.25) is 5.91 Å². The van der Waals surface area contributed by atoms with Crippen LogP contribution in [0.25, 0.3) is 0 Å². The number of carbonyl (C=O) groups is 4. The molecule has 0 aliphatic carbocycles. The number of hydrogen-bond donors (Lipinski definition) is 2. The van der Waals surface area contributed by atoms with Crippen LogP contribution in [0.15, 0.2) is 18.3 Å². The lowest BCUT2D eigenvalue weighted by Gasteiger charge is -2.31. The Morgan fingerprint density at radius 3 is 2.74 bits per heavy atom. The summed E-state index contributed by atoms with van der Waals surface area (Å²) in [4.78, 5) is 56.2. The lowest BCUT2D eigenvalue weighted by molar-refractivity contribution is -0.137. The van der Waals surface area contributed by atoms with Gasteiger partial charge in [0, 0.05) is 31.7 Å². The van der Waals surface area contributed by atoms with Crippen molar-refractivity contribution >= 4 is 23.8 Å². The molecule has 2 bridgehead atoms. The number of nitrogens with zero attached hydrogens (tertiary/aromatic N) is 3. The molecule has 0 saturated carbocycles. The fourth-order valence-corrected chi connectivity index (χ4v) is 3.76. The molecule has 27 heavy (non-hydrogen) atoms. The third-order valence-corrected chi connectivity index (χ3v) is 5.14. The Balaban J connectivity index is 1.49. The second kappa shape index (κ2) is 7.03. The molecule has 144 valence electrons. The maximum Gasteiger partial charge on any atom is 0.325 e. The average Bonchev–Trinajstić information content (AvgIpc) is 3.16. The first kappa shape index (κ1) is 17.5. The van der Waals surface area contributed by atoms with Gasteiger partial charge in [0.05, 0.1) is 25.8 Å². The number of rotatable bonds is 3. The van der Waals surface area contributed by atoms with E-state index in [-0.39, 0.29) is 36.9 Å². The summed E-state index contributed by atoms with van der Waals surface area (Å²) in [6.07, 6.45) is 1.70. The smallest absolute Gasteiger partial charge is 0.325 e. The van der Waals surface area contributed by atoms with Crippen molar-refractivity contribution in [2.24, 2.45) is 5.92 Å². The summed E-state index contributed by atoms with van der Waals surface area (Å²) < 4.78 is 5.68. The van der Waals surface area contributed by atoms with Crippen LogP contribution in [0.5, 0.6) is 0 Å². The van der Waals surface area contributed by atoms with E-state index in [9.17, 15) is 19.2 Å². The van der Waals surface area contributed by atoms with E-state index >= 15 is 0 Å². The number of aromatic amines is 1. The van der Waals surface area contributed by atoms with Gasteiger partial charge in [0.15, 0.2) is 0 Å². The molecule has 5 amide bonds. The molecule has 4 heterocycles. The topological polar surface area (TPSA) is 115 Å². The van der Waals surface area contributed by atoms with E-state index in [1.165, 1.54) is 0 Å². The molecule has 3 saturated heterocycles. The molecule has 1 aromatic heterocycles. The number of urea groups is 1. The van der Waals surface area contributed by atoms with Crippen molar-refractivity contribution < 1.29 is 23.9 Å². The number of ether oxygens (including phenoxy) is 1. The first-order chi connectivity index (χ1) is 13.0. The number of amides is 5. The normalized spacial score (nSPS) is 25.4. The highest BCUT2D eigenvalue weighted by Crippen LogP contribution is 2.22. The predicted octanol–water partition coefficient (Wildman–Crippen LogP) is -1.13.